The van der Waals surface area contributed by atoms with Crippen molar-refractivity contribution in [2.24, 2.45) is 5.92 Å². The maximum atomic E-state index is 11.2. The van der Waals surface area contributed by atoms with Gasteiger partial charge in [0.15, 0.2) is 5.78 Å². The quantitative estimate of drug-likeness (QED) is 0.618. The van der Waals surface area contributed by atoms with Crippen LogP contribution in [-0.2, 0) is 19.0 Å². The molecule has 76 valence electrons. The van der Waals surface area contributed by atoms with Crippen molar-refractivity contribution in [1.82, 2.24) is 0 Å². The Morgan fingerprint density at radius 3 is 2.08 bits per heavy atom. The molecule has 0 aromatic heterocycles. The third-order valence-electron chi connectivity index (χ3n) is 2.98. The Labute approximate surface area is 78.2 Å². The zero-order valence-corrected chi connectivity index (χ0v) is 8.71. The van der Waals surface area contributed by atoms with E-state index in [4.69, 9.17) is 14.2 Å². The van der Waals surface area contributed by atoms with Crippen LogP contribution >= 0.6 is 0 Å². The van der Waals surface area contributed by atoms with Crippen LogP contribution in [0.25, 0.3) is 0 Å². The molecule has 0 amide bonds. The van der Waals surface area contributed by atoms with Crippen LogP contribution in [0.4, 0.5) is 0 Å². The fourth-order valence-electron chi connectivity index (χ4n) is 1.65. The Morgan fingerprint density at radius 1 is 1.38 bits per heavy atom. The van der Waals surface area contributed by atoms with Crippen LogP contribution in [0.3, 0.4) is 0 Å². The standard InChI is InChI=1S/C9H16O4/c1-6-8(3,7(2)10)13-9(6,11-4)12-5/h6H,1-5H3. The highest BCUT2D eigenvalue weighted by molar-refractivity contribution is 5.86. The summed E-state index contributed by atoms with van der Waals surface area (Å²) in [5.41, 5.74) is -0.772. The van der Waals surface area contributed by atoms with Crippen LogP contribution in [0.1, 0.15) is 20.8 Å². The van der Waals surface area contributed by atoms with E-state index in [0.717, 1.165) is 0 Å². The zero-order valence-electron chi connectivity index (χ0n) is 8.71. The van der Waals surface area contributed by atoms with Crippen LogP contribution in [0, 0.1) is 5.92 Å². The maximum Gasteiger partial charge on any atom is 0.289 e. The molecule has 0 saturated carbocycles. The van der Waals surface area contributed by atoms with Crippen LogP contribution in [0.2, 0.25) is 0 Å². The van der Waals surface area contributed by atoms with Gasteiger partial charge in [-0.25, -0.2) is 0 Å². The smallest absolute Gasteiger partial charge is 0.289 e. The van der Waals surface area contributed by atoms with E-state index in [-0.39, 0.29) is 11.7 Å². The largest absolute Gasteiger partial charge is 0.330 e. The second kappa shape index (κ2) is 3.04. The van der Waals surface area contributed by atoms with Gasteiger partial charge >= 0.3 is 0 Å². The molecule has 1 aliphatic heterocycles. The highest BCUT2D eigenvalue weighted by Gasteiger charge is 2.64. The first-order valence-electron chi connectivity index (χ1n) is 4.24. The number of ketones is 1. The highest BCUT2D eigenvalue weighted by Crippen LogP contribution is 2.48. The highest BCUT2D eigenvalue weighted by atomic mass is 16.9. The first-order chi connectivity index (χ1) is 5.93. The van der Waals surface area contributed by atoms with E-state index in [2.05, 4.69) is 0 Å². The van der Waals surface area contributed by atoms with Crippen molar-refractivity contribution < 1.29 is 19.0 Å². The molecule has 2 unspecified atom stereocenters. The number of Topliss-reactive ketones (excluding diaryl/α,β-unsaturated/α-hetero) is 1. The maximum absolute atomic E-state index is 11.2. The molecule has 0 radical (unpaired) electrons. The lowest BCUT2D eigenvalue weighted by molar-refractivity contribution is -0.493. The van der Waals surface area contributed by atoms with Gasteiger partial charge in [0, 0.05) is 14.2 Å². The Bertz CT molecular complexity index is 222. The summed E-state index contributed by atoms with van der Waals surface area (Å²) in [5.74, 6) is -1.15. The molecule has 0 N–H and O–H groups in total. The molecule has 0 aliphatic carbocycles. The van der Waals surface area contributed by atoms with Crippen molar-refractivity contribution in [3.05, 3.63) is 0 Å². The van der Waals surface area contributed by atoms with Gasteiger partial charge in [-0.15, -0.1) is 0 Å². The average molecular weight is 188 g/mol. The summed E-state index contributed by atoms with van der Waals surface area (Å²) in [5, 5.41) is 0. The minimum absolute atomic E-state index is 0.00951. The number of hydrogen-bond acceptors (Lipinski definition) is 4. The van der Waals surface area contributed by atoms with E-state index >= 15 is 0 Å². The fraction of sp³-hybridized carbons (Fsp3) is 0.889. The minimum atomic E-state index is -1.04. The van der Waals surface area contributed by atoms with Crippen LogP contribution in [0.15, 0.2) is 0 Å². The molecule has 0 spiro atoms. The summed E-state index contributed by atoms with van der Waals surface area (Å²) < 4.78 is 15.6. The number of methoxy groups -OCH3 is 2. The first-order valence-corrected chi connectivity index (χ1v) is 4.24. The molecular weight excluding hydrogens is 172 g/mol. The molecule has 1 rings (SSSR count). The second-order valence-electron chi connectivity index (χ2n) is 3.50. The lowest BCUT2D eigenvalue weighted by Crippen LogP contribution is -2.70. The van der Waals surface area contributed by atoms with Crippen LogP contribution in [0.5, 0.6) is 0 Å². The van der Waals surface area contributed by atoms with E-state index in [9.17, 15) is 4.79 Å². The van der Waals surface area contributed by atoms with Crippen LogP contribution < -0.4 is 0 Å². The van der Waals surface area contributed by atoms with Gasteiger partial charge in [0.05, 0.1) is 5.92 Å². The lowest BCUT2D eigenvalue weighted by atomic mass is 9.79. The molecule has 0 aromatic carbocycles. The summed E-state index contributed by atoms with van der Waals surface area (Å²) in [6.07, 6.45) is 0. The average Bonchev–Trinajstić information content (AvgIpc) is 2.12. The van der Waals surface area contributed by atoms with Gasteiger partial charge in [-0.3, -0.25) is 4.79 Å². The SMILES string of the molecule is COC1(OC)OC(C)(C(C)=O)C1C. The molecule has 1 heterocycles. The molecule has 0 bridgehead atoms. The van der Waals surface area contributed by atoms with Crippen molar-refractivity contribution in [3.63, 3.8) is 0 Å². The summed E-state index contributed by atoms with van der Waals surface area (Å²) in [6, 6.07) is 0. The molecule has 1 saturated heterocycles. The van der Waals surface area contributed by atoms with Crippen molar-refractivity contribution in [3.8, 4) is 0 Å². The topological polar surface area (TPSA) is 44.8 Å². The third kappa shape index (κ3) is 1.21. The fourth-order valence-corrected chi connectivity index (χ4v) is 1.65. The molecule has 1 aliphatic rings. The molecule has 1 fully saturated rings. The predicted octanol–water partition coefficient (Wildman–Crippen LogP) is 0.947. The molecular formula is C9H16O4. The summed E-state index contributed by atoms with van der Waals surface area (Å²) in [4.78, 5) is 11.2. The van der Waals surface area contributed by atoms with Crippen LogP contribution in [-0.4, -0.2) is 31.6 Å². The number of ether oxygens (including phenoxy) is 3. The van der Waals surface area contributed by atoms with E-state index in [0.29, 0.717) is 0 Å². The van der Waals surface area contributed by atoms with Gasteiger partial charge in [0.1, 0.15) is 5.60 Å². The number of rotatable bonds is 3. The molecule has 4 heteroatoms. The van der Waals surface area contributed by atoms with E-state index in [1.54, 1.807) is 6.92 Å². The molecule has 13 heavy (non-hydrogen) atoms. The minimum Gasteiger partial charge on any atom is -0.330 e. The van der Waals surface area contributed by atoms with Gasteiger partial charge in [-0.05, 0) is 13.8 Å². The number of carbonyl (C=O) groups excluding carboxylic acids is 1. The molecule has 0 aromatic rings. The predicted molar refractivity (Wildman–Crippen MR) is 46.1 cm³/mol. The van der Waals surface area contributed by atoms with Crippen molar-refractivity contribution in [2.45, 2.75) is 32.3 Å². The van der Waals surface area contributed by atoms with E-state index < -0.39 is 11.6 Å². The lowest BCUT2D eigenvalue weighted by Gasteiger charge is -2.55. The summed E-state index contributed by atoms with van der Waals surface area (Å²) >= 11 is 0. The Balaban J connectivity index is 2.80. The van der Waals surface area contributed by atoms with E-state index in [1.807, 2.05) is 6.92 Å². The van der Waals surface area contributed by atoms with E-state index in [1.165, 1.54) is 21.1 Å². The van der Waals surface area contributed by atoms with Crippen molar-refractivity contribution in [1.29, 1.82) is 0 Å². The van der Waals surface area contributed by atoms with Gasteiger partial charge in [0.25, 0.3) is 5.97 Å². The van der Waals surface area contributed by atoms with Gasteiger partial charge in [-0.1, -0.05) is 6.92 Å². The third-order valence-corrected chi connectivity index (χ3v) is 2.98. The monoisotopic (exact) mass is 188 g/mol. The number of carbonyl (C=O) groups is 1. The Kier molecular flexibility index (Phi) is 2.49. The Hall–Kier alpha value is -0.450. The van der Waals surface area contributed by atoms with Crippen molar-refractivity contribution in [2.75, 3.05) is 14.2 Å². The number of hydrogen-bond donors (Lipinski definition) is 0. The Morgan fingerprint density at radius 2 is 1.85 bits per heavy atom. The van der Waals surface area contributed by atoms with Gasteiger partial charge in [-0.2, -0.15) is 0 Å². The molecule has 4 nitrogen and oxygen atoms in total. The first kappa shape index (κ1) is 10.6. The molecule has 2 atom stereocenters. The summed E-state index contributed by atoms with van der Waals surface area (Å²) in [6.45, 7) is 5.12. The normalized spacial score (nSPS) is 36.8. The van der Waals surface area contributed by atoms with Crippen molar-refractivity contribution >= 4 is 5.78 Å². The van der Waals surface area contributed by atoms with Gasteiger partial charge < -0.3 is 14.2 Å². The summed E-state index contributed by atoms with van der Waals surface area (Å²) in [7, 11) is 3.00. The second-order valence-corrected chi connectivity index (χ2v) is 3.50. The van der Waals surface area contributed by atoms with Gasteiger partial charge in [0.2, 0.25) is 0 Å². The zero-order chi connectivity index (χ0) is 10.3.